The minimum atomic E-state index is -0.159. The van der Waals surface area contributed by atoms with Crippen molar-refractivity contribution in [3.05, 3.63) is 81.8 Å². The van der Waals surface area contributed by atoms with Gasteiger partial charge in [-0.3, -0.25) is 4.79 Å². The highest BCUT2D eigenvalue weighted by molar-refractivity contribution is 6.42. The van der Waals surface area contributed by atoms with Crippen LogP contribution in [0, 0.1) is 23.2 Å². The number of Topliss-reactive ketones (excluding diaryl/α,β-unsaturated/α-hetero) is 1. The van der Waals surface area contributed by atoms with E-state index in [0.717, 1.165) is 76.5 Å². The SMILES string of the molecule is CCCN(CCO)c1ccc(-c2nc3cc(C(CC(C)=O)NCc4ccc(Cl)c(Cl)c4)ccc3n2CC23CC4CC(CC(C4)C2)C3)cc1. The molecule has 8 rings (SSSR count). The molecule has 4 aliphatic rings. The highest BCUT2D eigenvalue weighted by Crippen LogP contribution is 2.61. The van der Waals surface area contributed by atoms with E-state index >= 15 is 0 Å². The van der Waals surface area contributed by atoms with Crippen molar-refractivity contribution >= 4 is 45.7 Å². The predicted molar refractivity (Wildman–Crippen MR) is 197 cm³/mol. The van der Waals surface area contributed by atoms with Gasteiger partial charge in [0.25, 0.3) is 0 Å². The molecule has 4 fully saturated rings. The van der Waals surface area contributed by atoms with Gasteiger partial charge in [0, 0.05) is 49.9 Å². The van der Waals surface area contributed by atoms with Gasteiger partial charge in [0.05, 0.1) is 27.7 Å². The van der Waals surface area contributed by atoms with Gasteiger partial charge in [-0.1, -0.05) is 42.3 Å². The Morgan fingerprint density at radius 1 is 0.979 bits per heavy atom. The van der Waals surface area contributed by atoms with E-state index in [2.05, 4.69) is 64.2 Å². The average molecular weight is 688 g/mol. The number of fused-ring (bicyclic) bond motifs is 1. The van der Waals surface area contributed by atoms with E-state index in [-0.39, 0.29) is 18.4 Å². The number of anilines is 1. The molecule has 0 spiro atoms. The number of nitrogens with zero attached hydrogens (tertiary/aromatic N) is 3. The standard InChI is InChI=1S/C40H48Cl2N4O2/c1-3-12-45(13-14-47)33-8-5-31(6-9-33)39-44-37-20-32(36(15-26(2)48)43-24-27-4-10-34(41)35(42)19-27)7-11-38(37)46(39)25-40-21-28-16-29(22-40)18-30(17-28)23-40/h4-11,19-20,28-30,36,43,47H,3,12-18,21-25H2,1-2H3. The number of carbonyl (C=O) groups is 1. The lowest BCUT2D eigenvalue weighted by Gasteiger charge is -2.57. The molecule has 4 bridgehead atoms. The van der Waals surface area contributed by atoms with Crippen LogP contribution in [0.3, 0.4) is 0 Å². The normalized spacial score (nSPS) is 23.6. The summed E-state index contributed by atoms with van der Waals surface area (Å²) in [6.45, 7) is 7.06. The molecule has 0 saturated heterocycles. The van der Waals surface area contributed by atoms with E-state index in [9.17, 15) is 9.90 Å². The van der Waals surface area contributed by atoms with Gasteiger partial charge >= 0.3 is 0 Å². The van der Waals surface area contributed by atoms with Crippen molar-refractivity contribution in [1.82, 2.24) is 14.9 Å². The van der Waals surface area contributed by atoms with Crippen LogP contribution in [0.5, 0.6) is 0 Å². The minimum absolute atomic E-state index is 0.133. The lowest BCUT2D eigenvalue weighted by atomic mass is 9.49. The van der Waals surface area contributed by atoms with Crippen molar-refractivity contribution in [3.63, 3.8) is 0 Å². The molecule has 4 aromatic rings. The first kappa shape index (κ1) is 33.6. The third-order valence-corrected chi connectivity index (χ3v) is 12.0. The summed E-state index contributed by atoms with van der Waals surface area (Å²) >= 11 is 12.4. The van der Waals surface area contributed by atoms with Crippen molar-refractivity contribution in [2.24, 2.45) is 23.2 Å². The van der Waals surface area contributed by atoms with Crippen LogP contribution in [-0.4, -0.2) is 40.1 Å². The molecule has 2 N–H and O–H groups in total. The van der Waals surface area contributed by atoms with Gasteiger partial charge in [-0.15, -0.1) is 0 Å². The summed E-state index contributed by atoms with van der Waals surface area (Å²) in [6.07, 6.45) is 9.70. The van der Waals surface area contributed by atoms with Gasteiger partial charge in [0.2, 0.25) is 0 Å². The van der Waals surface area contributed by atoms with E-state index in [1.54, 1.807) is 6.92 Å². The fraction of sp³-hybridized carbons (Fsp3) is 0.500. The summed E-state index contributed by atoms with van der Waals surface area (Å²) in [6, 6.07) is 20.8. The number of rotatable bonds is 14. The number of aliphatic hydroxyl groups is 1. The van der Waals surface area contributed by atoms with Gasteiger partial charge in [0.1, 0.15) is 11.6 Å². The molecule has 1 aromatic heterocycles. The maximum absolute atomic E-state index is 12.4. The molecule has 8 heteroatoms. The Bertz CT molecular complexity index is 1730. The molecule has 6 nitrogen and oxygen atoms in total. The molecule has 0 aliphatic heterocycles. The zero-order valence-electron chi connectivity index (χ0n) is 28.2. The molecular formula is C40H48Cl2N4O2. The van der Waals surface area contributed by atoms with Crippen molar-refractivity contribution in [3.8, 4) is 11.4 Å². The quantitative estimate of drug-likeness (QED) is 0.138. The van der Waals surface area contributed by atoms with Crippen LogP contribution in [-0.2, 0) is 17.9 Å². The molecule has 3 aromatic carbocycles. The van der Waals surface area contributed by atoms with Crippen LogP contribution in [0.25, 0.3) is 22.4 Å². The molecule has 1 atom stereocenters. The van der Waals surface area contributed by atoms with E-state index in [1.165, 1.54) is 38.5 Å². The summed E-state index contributed by atoms with van der Waals surface area (Å²) in [4.78, 5) is 20.0. The Kier molecular flexibility index (Phi) is 9.90. The Balaban J connectivity index is 1.24. The number of aromatic nitrogens is 2. The summed E-state index contributed by atoms with van der Waals surface area (Å²) in [5.74, 6) is 3.79. The summed E-state index contributed by atoms with van der Waals surface area (Å²) in [5, 5.41) is 14.3. The second kappa shape index (κ2) is 14.1. The highest BCUT2D eigenvalue weighted by Gasteiger charge is 2.51. The Hall–Kier alpha value is -2.90. The first-order valence-electron chi connectivity index (χ1n) is 17.9. The third-order valence-electron chi connectivity index (χ3n) is 11.2. The number of benzene rings is 3. The van der Waals surface area contributed by atoms with Gasteiger partial charge in [-0.25, -0.2) is 4.98 Å². The van der Waals surface area contributed by atoms with Crippen molar-refractivity contribution in [1.29, 1.82) is 0 Å². The first-order valence-corrected chi connectivity index (χ1v) is 18.6. The van der Waals surface area contributed by atoms with E-state index in [1.807, 2.05) is 18.2 Å². The molecule has 4 saturated carbocycles. The van der Waals surface area contributed by atoms with E-state index in [0.29, 0.717) is 35.0 Å². The zero-order chi connectivity index (χ0) is 33.4. The Morgan fingerprint density at radius 2 is 1.69 bits per heavy atom. The van der Waals surface area contributed by atoms with E-state index < -0.39 is 0 Å². The lowest BCUT2D eigenvalue weighted by molar-refractivity contribution is -0.117. The zero-order valence-corrected chi connectivity index (χ0v) is 29.7. The Labute approximate surface area is 294 Å². The fourth-order valence-corrected chi connectivity index (χ4v) is 9.95. The summed E-state index contributed by atoms with van der Waals surface area (Å²) < 4.78 is 2.52. The number of carbonyl (C=O) groups excluding carboxylic acids is 1. The average Bonchev–Trinajstić information content (AvgIpc) is 3.40. The molecule has 48 heavy (non-hydrogen) atoms. The van der Waals surface area contributed by atoms with Crippen molar-refractivity contribution < 1.29 is 9.90 Å². The van der Waals surface area contributed by atoms with Crippen LogP contribution in [0.4, 0.5) is 5.69 Å². The monoisotopic (exact) mass is 686 g/mol. The lowest BCUT2D eigenvalue weighted by Crippen LogP contribution is -2.47. The largest absolute Gasteiger partial charge is 0.395 e. The molecule has 4 aliphatic carbocycles. The van der Waals surface area contributed by atoms with Crippen LogP contribution in [0.15, 0.2) is 60.7 Å². The highest BCUT2D eigenvalue weighted by atomic mass is 35.5. The number of nitrogens with one attached hydrogen (secondary N) is 1. The topological polar surface area (TPSA) is 70.4 Å². The van der Waals surface area contributed by atoms with Crippen LogP contribution in [0.2, 0.25) is 10.0 Å². The summed E-state index contributed by atoms with van der Waals surface area (Å²) in [5.41, 5.74) is 6.77. The predicted octanol–water partition coefficient (Wildman–Crippen LogP) is 9.25. The minimum Gasteiger partial charge on any atom is -0.395 e. The molecule has 0 radical (unpaired) electrons. The van der Waals surface area contributed by atoms with E-state index in [4.69, 9.17) is 28.2 Å². The molecule has 1 unspecified atom stereocenters. The molecule has 1 heterocycles. The van der Waals surface area contributed by atoms with Crippen molar-refractivity contribution in [2.45, 2.75) is 84.3 Å². The molecule has 254 valence electrons. The molecular weight excluding hydrogens is 639 g/mol. The van der Waals surface area contributed by atoms with Gasteiger partial charge in [-0.2, -0.15) is 0 Å². The number of hydrogen-bond acceptors (Lipinski definition) is 5. The smallest absolute Gasteiger partial charge is 0.141 e. The third kappa shape index (κ3) is 7.05. The number of hydrogen-bond donors (Lipinski definition) is 2. The number of imidazole rings is 1. The second-order valence-electron chi connectivity index (χ2n) is 15.0. The molecule has 0 amide bonds. The van der Waals surface area contributed by atoms with Gasteiger partial charge in [-0.05, 0) is 135 Å². The van der Waals surface area contributed by atoms with Crippen LogP contribution >= 0.6 is 23.2 Å². The van der Waals surface area contributed by atoms with Gasteiger partial charge in [0.15, 0.2) is 0 Å². The maximum Gasteiger partial charge on any atom is 0.141 e. The number of ketones is 1. The Morgan fingerprint density at radius 3 is 2.31 bits per heavy atom. The van der Waals surface area contributed by atoms with Crippen LogP contribution < -0.4 is 10.2 Å². The van der Waals surface area contributed by atoms with Gasteiger partial charge < -0.3 is 19.9 Å². The summed E-state index contributed by atoms with van der Waals surface area (Å²) in [7, 11) is 0. The second-order valence-corrected chi connectivity index (χ2v) is 15.8. The number of halogens is 2. The maximum atomic E-state index is 12.4. The van der Waals surface area contributed by atoms with Crippen LogP contribution in [0.1, 0.15) is 82.4 Å². The van der Waals surface area contributed by atoms with Crippen molar-refractivity contribution in [2.75, 3.05) is 24.6 Å². The number of aliphatic hydroxyl groups excluding tert-OH is 1. The first-order chi connectivity index (χ1) is 23.2. The fourth-order valence-electron chi connectivity index (χ4n) is 9.63.